The molecule has 3 atom stereocenters. The lowest BCUT2D eigenvalue weighted by atomic mass is 10.2. The van der Waals surface area contributed by atoms with E-state index < -0.39 is 30.8 Å². The summed E-state index contributed by atoms with van der Waals surface area (Å²) in [6.07, 6.45) is -0.620. The van der Waals surface area contributed by atoms with Crippen LogP contribution in [0.1, 0.15) is 32.8 Å². The van der Waals surface area contributed by atoms with Gasteiger partial charge in [0.25, 0.3) is 10.1 Å². The molecule has 0 spiro atoms. The Morgan fingerprint density at radius 1 is 1.19 bits per heavy atom. The molecule has 1 saturated heterocycles. The number of hydrogen-bond acceptors (Lipinski definition) is 6. The van der Waals surface area contributed by atoms with Gasteiger partial charge >= 0.3 is 0 Å². The molecule has 0 radical (unpaired) electrons. The first-order valence-corrected chi connectivity index (χ1v) is 13.5. The van der Waals surface area contributed by atoms with Crippen LogP contribution in [-0.2, 0) is 28.2 Å². The molecule has 0 bridgehead atoms. The maximum absolute atomic E-state index is 12.5. The van der Waals surface area contributed by atoms with Crippen LogP contribution in [0.5, 0.6) is 0 Å². The molecule has 1 fully saturated rings. The molecule has 8 heteroatoms. The minimum absolute atomic E-state index is 0.0392. The Hall–Kier alpha value is -0.773. The summed E-state index contributed by atoms with van der Waals surface area (Å²) in [4.78, 5) is 0.135. The Bertz CT molecular complexity index is 724. The molecule has 0 saturated carbocycles. The standard InChI is InChI=1S/C19H32O6SSi/c1-14-8-10-15(11-9-14)26(20,21)23-13-17-16(12-18(22-5)24-17)25-27(6,7)19(2,3)4/h8-11,16-18H,12-13H2,1-7H3/t16-,17+,18?/m0/s1. The molecule has 1 heterocycles. The van der Waals surface area contributed by atoms with E-state index in [-0.39, 0.29) is 22.6 Å². The molecular weight excluding hydrogens is 384 g/mol. The summed E-state index contributed by atoms with van der Waals surface area (Å²) in [5, 5.41) is 0.0392. The van der Waals surface area contributed by atoms with Crippen LogP contribution < -0.4 is 0 Å². The normalized spacial score (nSPS) is 24.3. The molecule has 1 unspecified atom stereocenters. The Labute approximate surface area is 164 Å². The summed E-state index contributed by atoms with van der Waals surface area (Å²) >= 11 is 0. The van der Waals surface area contributed by atoms with Crippen molar-refractivity contribution in [1.82, 2.24) is 0 Å². The largest absolute Gasteiger partial charge is 0.411 e. The molecular formula is C19H32O6SSi. The predicted octanol–water partition coefficient (Wildman–Crippen LogP) is 3.85. The van der Waals surface area contributed by atoms with Gasteiger partial charge in [-0.2, -0.15) is 8.42 Å². The number of methoxy groups -OCH3 is 1. The fourth-order valence-electron chi connectivity index (χ4n) is 2.59. The van der Waals surface area contributed by atoms with E-state index in [1.807, 2.05) is 6.92 Å². The van der Waals surface area contributed by atoms with Crippen molar-refractivity contribution in [3.05, 3.63) is 29.8 Å². The Morgan fingerprint density at radius 2 is 1.78 bits per heavy atom. The average Bonchev–Trinajstić information content (AvgIpc) is 2.94. The minimum atomic E-state index is -3.85. The zero-order chi connectivity index (χ0) is 20.5. The zero-order valence-corrected chi connectivity index (χ0v) is 19.1. The predicted molar refractivity (Wildman–Crippen MR) is 107 cm³/mol. The molecule has 6 nitrogen and oxygen atoms in total. The number of benzene rings is 1. The summed E-state index contributed by atoms with van der Waals surface area (Å²) in [5.41, 5.74) is 0.985. The van der Waals surface area contributed by atoms with Crippen molar-refractivity contribution >= 4 is 18.4 Å². The zero-order valence-electron chi connectivity index (χ0n) is 17.3. The molecule has 2 rings (SSSR count). The van der Waals surface area contributed by atoms with Gasteiger partial charge in [0.15, 0.2) is 14.6 Å². The van der Waals surface area contributed by atoms with E-state index in [1.54, 1.807) is 31.4 Å². The number of hydrogen-bond donors (Lipinski definition) is 0. The maximum atomic E-state index is 12.5. The smallest absolute Gasteiger partial charge is 0.297 e. The third-order valence-corrected chi connectivity index (χ3v) is 11.2. The number of rotatable bonds is 7. The van der Waals surface area contributed by atoms with E-state index >= 15 is 0 Å². The highest BCUT2D eigenvalue weighted by atomic mass is 32.2. The van der Waals surface area contributed by atoms with Gasteiger partial charge < -0.3 is 13.9 Å². The van der Waals surface area contributed by atoms with Gasteiger partial charge in [-0.1, -0.05) is 38.5 Å². The lowest BCUT2D eigenvalue weighted by Crippen LogP contribution is -2.46. The van der Waals surface area contributed by atoms with Gasteiger partial charge in [0.2, 0.25) is 0 Å². The SMILES string of the molecule is COC1C[C@H](O[Si](C)(C)C(C)(C)C)[C@@H](COS(=O)(=O)c2ccc(C)cc2)O1. The van der Waals surface area contributed by atoms with Gasteiger partial charge in [-0.3, -0.25) is 4.18 Å². The van der Waals surface area contributed by atoms with Gasteiger partial charge in [0.05, 0.1) is 17.6 Å². The highest BCUT2D eigenvalue weighted by molar-refractivity contribution is 7.86. The van der Waals surface area contributed by atoms with E-state index in [0.29, 0.717) is 6.42 Å². The highest BCUT2D eigenvalue weighted by Crippen LogP contribution is 2.39. The van der Waals surface area contributed by atoms with E-state index in [0.717, 1.165) is 5.56 Å². The summed E-state index contributed by atoms with van der Waals surface area (Å²) in [6, 6.07) is 6.57. The first-order chi connectivity index (χ1) is 12.4. The molecule has 1 aromatic rings. The Kier molecular flexibility index (Phi) is 6.92. The summed E-state index contributed by atoms with van der Waals surface area (Å²) in [5.74, 6) is 0. The Morgan fingerprint density at radius 3 is 2.30 bits per heavy atom. The van der Waals surface area contributed by atoms with Gasteiger partial charge in [-0.15, -0.1) is 0 Å². The minimum Gasteiger partial charge on any atom is -0.411 e. The monoisotopic (exact) mass is 416 g/mol. The molecule has 1 aliphatic rings. The first-order valence-electron chi connectivity index (χ1n) is 9.18. The van der Waals surface area contributed by atoms with Crippen molar-refractivity contribution in [3.63, 3.8) is 0 Å². The topological polar surface area (TPSA) is 71.1 Å². The first kappa shape index (κ1) is 22.5. The lowest BCUT2D eigenvalue weighted by molar-refractivity contribution is -0.124. The van der Waals surface area contributed by atoms with E-state index in [1.165, 1.54) is 0 Å². The van der Waals surface area contributed by atoms with E-state index in [4.69, 9.17) is 18.1 Å². The second-order valence-electron chi connectivity index (χ2n) is 8.54. The quantitative estimate of drug-likeness (QED) is 0.497. The summed E-state index contributed by atoms with van der Waals surface area (Å²) in [7, 11) is -4.32. The Balaban J connectivity index is 2.09. The van der Waals surface area contributed by atoms with Gasteiger partial charge in [0, 0.05) is 13.5 Å². The maximum Gasteiger partial charge on any atom is 0.297 e. The van der Waals surface area contributed by atoms with Crippen LogP contribution in [0.25, 0.3) is 0 Å². The average molecular weight is 417 g/mol. The second kappa shape index (κ2) is 8.30. The van der Waals surface area contributed by atoms with Crippen LogP contribution in [0, 0.1) is 6.92 Å². The third kappa shape index (κ3) is 5.62. The van der Waals surface area contributed by atoms with Gasteiger partial charge in [-0.05, 0) is 37.2 Å². The third-order valence-electron chi connectivity index (χ3n) is 5.38. The number of ether oxygens (including phenoxy) is 2. The van der Waals surface area contributed by atoms with Crippen molar-refractivity contribution in [2.45, 2.75) is 75.6 Å². The van der Waals surface area contributed by atoms with E-state index in [9.17, 15) is 8.42 Å². The lowest BCUT2D eigenvalue weighted by Gasteiger charge is -2.39. The molecule has 27 heavy (non-hydrogen) atoms. The van der Waals surface area contributed by atoms with Crippen LogP contribution in [0.2, 0.25) is 18.1 Å². The highest BCUT2D eigenvalue weighted by Gasteiger charge is 2.45. The van der Waals surface area contributed by atoms with Gasteiger partial charge in [-0.25, -0.2) is 0 Å². The van der Waals surface area contributed by atoms with Crippen LogP contribution in [0.4, 0.5) is 0 Å². The van der Waals surface area contributed by atoms with Crippen molar-refractivity contribution in [2.24, 2.45) is 0 Å². The molecule has 0 N–H and O–H groups in total. The molecule has 0 aliphatic carbocycles. The summed E-state index contributed by atoms with van der Waals surface area (Å²) < 4.78 is 47.8. The van der Waals surface area contributed by atoms with Crippen LogP contribution in [0.3, 0.4) is 0 Å². The van der Waals surface area contributed by atoms with Crippen LogP contribution in [-0.4, -0.2) is 48.9 Å². The number of aryl methyl sites for hydroxylation is 1. The molecule has 1 aliphatic heterocycles. The van der Waals surface area contributed by atoms with Gasteiger partial charge in [0.1, 0.15) is 6.10 Å². The van der Waals surface area contributed by atoms with Crippen molar-refractivity contribution < 1.29 is 26.5 Å². The van der Waals surface area contributed by atoms with Crippen molar-refractivity contribution in [1.29, 1.82) is 0 Å². The van der Waals surface area contributed by atoms with Crippen LogP contribution in [0.15, 0.2) is 29.2 Å². The molecule has 0 amide bonds. The van der Waals surface area contributed by atoms with E-state index in [2.05, 4.69) is 33.9 Å². The fraction of sp³-hybridized carbons (Fsp3) is 0.684. The van der Waals surface area contributed by atoms with Crippen molar-refractivity contribution in [2.75, 3.05) is 13.7 Å². The van der Waals surface area contributed by atoms with Crippen LogP contribution >= 0.6 is 0 Å². The summed E-state index contributed by atoms with van der Waals surface area (Å²) in [6.45, 7) is 12.6. The second-order valence-corrected chi connectivity index (χ2v) is 14.9. The van der Waals surface area contributed by atoms with Crippen molar-refractivity contribution in [3.8, 4) is 0 Å². The molecule has 0 aromatic heterocycles. The molecule has 1 aromatic carbocycles. The fourth-order valence-corrected chi connectivity index (χ4v) is 4.86. The molecule has 154 valence electrons.